The summed E-state index contributed by atoms with van der Waals surface area (Å²) < 4.78 is 10.3. The number of aromatic nitrogens is 1. The zero-order valence-corrected chi connectivity index (χ0v) is 12.3. The van der Waals surface area contributed by atoms with E-state index in [-0.39, 0.29) is 19.1 Å². The van der Waals surface area contributed by atoms with Crippen molar-refractivity contribution in [1.82, 2.24) is 4.98 Å². The van der Waals surface area contributed by atoms with Crippen LogP contribution in [-0.4, -0.2) is 30.7 Å². The van der Waals surface area contributed by atoms with Gasteiger partial charge in [0.2, 0.25) is 5.88 Å². The highest BCUT2D eigenvalue weighted by Crippen LogP contribution is 2.29. The maximum atomic E-state index is 11.6. The Kier molecular flexibility index (Phi) is 5.39. The van der Waals surface area contributed by atoms with Crippen LogP contribution in [0.25, 0.3) is 10.4 Å². The summed E-state index contributed by atoms with van der Waals surface area (Å²) in [6.45, 7) is 2.40. The van der Waals surface area contributed by atoms with Crippen molar-refractivity contribution in [1.29, 1.82) is 0 Å². The fourth-order valence-corrected chi connectivity index (χ4v) is 2.53. The van der Waals surface area contributed by atoms with Crippen LogP contribution in [0, 0.1) is 4.91 Å². The molecule has 7 heteroatoms. The summed E-state index contributed by atoms with van der Waals surface area (Å²) >= 11 is 1.34. The summed E-state index contributed by atoms with van der Waals surface area (Å²) in [5.74, 6) is 0.0959. The SMILES string of the molecule is CCOC(=O)c1ccc(-c2ccnc(OCCN=O)c2)s1. The van der Waals surface area contributed by atoms with E-state index in [9.17, 15) is 9.70 Å². The van der Waals surface area contributed by atoms with E-state index in [1.807, 2.05) is 12.1 Å². The van der Waals surface area contributed by atoms with Gasteiger partial charge in [-0.1, -0.05) is 5.18 Å². The van der Waals surface area contributed by atoms with Crippen LogP contribution in [0.5, 0.6) is 5.88 Å². The van der Waals surface area contributed by atoms with Crippen molar-refractivity contribution in [2.75, 3.05) is 19.8 Å². The summed E-state index contributed by atoms with van der Waals surface area (Å²) in [6, 6.07) is 7.16. The monoisotopic (exact) mass is 306 g/mol. The van der Waals surface area contributed by atoms with E-state index in [1.54, 1.807) is 25.3 Å². The normalized spacial score (nSPS) is 10.1. The predicted molar refractivity (Wildman–Crippen MR) is 79.7 cm³/mol. The van der Waals surface area contributed by atoms with Crippen LogP contribution in [0.3, 0.4) is 0 Å². The minimum atomic E-state index is -0.323. The van der Waals surface area contributed by atoms with Crippen molar-refractivity contribution >= 4 is 17.3 Å². The van der Waals surface area contributed by atoms with E-state index in [4.69, 9.17) is 9.47 Å². The maximum absolute atomic E-state index is 11.6. The number of nitrogens with zero attached hydrogens (tertiary/aromatic N) is 2. The molecule has 0 N–H and O–H groups in total. The molecule has 21 heavy (non-hydrogen) atoms. The van der Waals surface area contributed by atoms with Gasteiger partial charge in [0.05, 0.1) is 6.61 Å². The number of thiophene rings is 1. The molecule has 0 bridgehead atoms. The summed E-state index contributed by atoms with van der Waals surface area (Å²) in [7, 11) is 0. The fourth-order valence-electron chi connectivity index (χ4n) is 1.63. The largest absolute Gasteiger partial charge is 0.476 e. The molecule has 0 saturated carbocycles. The van der Waals surface area contributed by atoms with E-state index in [1.165, 1.54) is 11.3 Å². The van der Waals surface area contributed by atoms with E-state index < -0.39 is 0 Å². The molecule has 0 amide bonds. The average Bonchev–Trinajstić information content (AvgIpc) is 2.98. The van der Waals surface area contributed by atoms with Crippen LogP contribution in [-0.2, 0) is 4.74 Å². The molecule has 0 aliphatic carbocycles. The molecule has 0 spiro atoms. The zero-order chi connectivity index (χ0) is 15.1. The lowest BCUT2D eigenvalue weighted by atomic mass is 10.2. The Labute approximate surface area is 125 Å². The molecule has 2 heterocycles. The van der Waals surface area contributed by atoms with E-state index >= 15 is 0 Å². The second-order valence-electron chi connectivity index (χ2n) is 3.97. The van der Waals surface area contributed by atoms with Crippen LogP contribution in [0.1, 0.15) is 16.6 Å². The minimum Gasteiger partial charge on any atom is -0.476 e. The van der Waals surface area contributed by atoms with Crippen molar-refractivity contribution in [3.8, 4) is 16.3 Å². The molecular weight excluding hydrogens is 292 g/mol. The van der Waals surface area contributed by atoms with Crippen LogP contribution in [0.2, 0.25) is 0 Å². The number of carbonyl (C=O) groups excluding carboxylic acids is 1. The first-order valence-corrected chi connectivity index (χ1v) is 7.21. The topological polar surface area (TPSA) is 77.8 Å². The van der Waals surface area contributed by atoms with Crippen LogP contribution in [0.15, 0.2) is 35.6 Å². The molecule has 0 saturated heterocycles. The first-order valence-electron chi connectivity index (χ1n) is 6.40. The molecule has 110 valence electrons. The third-order valence-corrected chi connectivity index (χ3v) is 3.65. The third-order valence-electron chi connectivity index (χ3n) is 2.53. The highest BCUT2D eigenvalue weighted by atomic mass is 32.1. The number of carbonyl (C=O) groups is 1. The number of esters is 1. The summed E-state index contributed by atoms with van der Waals surface area (Å²) in [4.78, 5) is 27.2. The quantitative estimate of drug-likeness (QED) is 0.446. The van der Waals surface area contributed by atoms with Crippen molar-refractivity contribution in [3.05, 3.63) is 40.2 Å². The van der Waals surface area contributed by atoms with E-state index in [2.05, 4.69) is 10.2 Å². The molecule has 6 nitrogen and oxygen atoms in total. The summed E-state index contributed by atoms with van der Waals surface area (Å²) in [5, 5.41) is 2.72. The van der Waals surface area contributed by atoms with Gasteiger partial charge in [-0.2, -0.15) is 4.91 Å². The first kappa shape index (κ1) is 15.1. The van der Waals surface area contributed by atoms with Crippen molar-refractivity contribution in [2.45, 2.75) is 6.92 Å². The van der Waals surface area contributed by atoms with Gasteiger partial charge in [-0.3, -0.25) is 0 Å². The van der Waals surface area contributed by atoms with Gasteiger partial charge in [0.15, 0.2) is 0 Å². The highest BCUT2D eigenvalue weighted by molar-refractivity contribution is 7.17. The highest BCUT2D eigenvalue weighted by Gasteiger charge is 2.11. The predicted octanol–water partition coefficient (Wildman–Crippen LogP) is 3.13. The lowest BCUT2D eigenvalue weighted by Crippen LogP contribution is -2.01. The van der Waals surface area contributed by atoms with Gasteiger partial charge in [0.1, 0.15) is 18.0 Å². The van der Waals surface area contributed by atoms with Gasteiger partial charge < -0.3 is 9.47 Å². The molecule has 0 atom stereocenters. The number of hydrogen-bond acceptors (Lipinski definition) is 7. The van der Waals surface area contributed by atoms with Gasteiger partial charge in [0, 0.05) is 17.1 Å². The molecule has 0 unspecified atom stereocenters. The van der Waals surface area contributed by atoms with Crippen molar-refractivity contribution < 1.29 is 14.3 Å². The maximum Gasteiger partial charge on any atom is 0.348 e. The van der Waals surface area contributed by atoms with Gasteiger partial charge in [-0.05, 0) is 30.7 Å². The smallest absolute Gasteiger partial charge is 0.348 e. The van der Waals surface area contributed by atoms with Crippen molar-refractivity contribution in [3.63, 3.8) is 0 Å². The molecule has 2 aromatic heterocycles. The van der Waals surface area contributed by atoms with Crippen LogP contribution >= 0.6 is 11.3 Å². The van der Waals surface area contributed by atoms with E-state index in [0.717, 1.165) is 10.4 Å². The number of pyridine rings is 1. The molecule has 0 fully saturated rings. The van der Waals surface area contributed by atoms with Gasteiger partial charge in [-0.25, -0.2) is 9.78 Å². The van der Waals surface area contributed by atoms with E-state index in [0.29, 0.717) is 17.4 Å². The second kappa shape index (κ2) is 7.49. The molecule has 0 radical (unpaired) electrons. The molecule has 0 aliphatic rings. The molecule has 2 rings (SSSR count). The van der Waals surface area contributed by atoms with Gasteiger partial charge in [-0.15, -0.1) is 11.3 Å². The lowest BCUT2D eigenvalue weighted by molar-refractivity contribution is 0.0532. The molecular formula is C14H14N2O4S. The Balaban J connectivity index is 2.12. The molecule has 0 aromatic carbocycles. The third kappa shape index (κ3) is 4.09. The van der Waals surface area contributed by atoms with Crippen molar-refractivity contribution in [2.24, 2.45) is 5.18 Å². The van der Waals surface area contributed by atoms with Gasteiger partial charge >= 0.3 is 5.97 Å². The Bertz CT molecular complexity index is 627. The second-order valence-corrected chi connectivity index (χ2v) is 5.05. The van der Waals surface area contributed by atoms with Gasteiger partial charge in [0.25, 0.3) is 0 Å². The molecule has 0 aliphatic heterocycles. The zero-order valence-electron chi connectivity index (χ0n) is 11.4. The summed E-state index contributed by atoms with van der Waals surface area (Å²) in [5.41, 5.74) is 0.889. The Morgan fingerprint density at radius 3 is 3.00 bits per heavy atom. The number of hydrogen-bond donors (Lipinski definition) is 0. The lowest BCUT2D eigenvalue weighted by Gasteiger charge is -2.04. The standard InChI is InChI=1S/C14H14N2O4S/c1-2-19-14(17)12-4-3-11(21-12)10-5-6-15-13(9-10)20-8-7-16-18/h3-6,9H,2,7-8H2,1H3. The summed E-state index contributed by atoms with van der Waals surface area (Å²) in [6.07, 6.45) is 1.61. The fraction of sp³-hybridized carbons (Fsp3) is 0.286. The number of nitroso groups, excluding NO2 is 1. The number of rotatable bonds is 7. The number of ether oxygens (including phenoxy) is 2. The Morgan fingerprint density at radius 1 is 1.38 bits per heavy atom. The van der Waals surface area contributed by atoms with Crippen LogP contribution in [0.4, 0.5) is 0 Å². The average molecular weight is 306 g/mol. The van der Waals surface area contributed by atoms with Crippen LogP contribution < -0.4 is 4.74 Å². The minimum absolute atomic E-state index is 0.0813. The molecule has 2 aromatic rings. The first-order chi connectivity index (χ1) is 10.2. The Hall–Kier alpha value is -2.28. The Morgan fingerprint density at radius 2 is 2.24 bits per heavy atom.